The topological polar surface area (TPSA) is 40.5 Å². The van der Waals surface area contributed by atoms with Gasteiger partial charge in [0, 0.05) is 5.41 Å². The van der Waals surface area contributed by atoms with Gasteiger partial charge in [-0.2, -0.15) is 26.3 Å². The minimum atomic E-state index is -4.80. The molecule has 0 spiro atoms. The third-order valence-electron chi connectivity index (χ3n) is 4.05. The SMILES string of the molecule is CC(C)(c1ccc(O)c(C(F)(F)F)c1)c1ccc(O)c(C(F)(F)F)c1. The van der Waals surface area contributed by atoms with Crippen molar-refractivity contribution in [3.05, 3.63) is 58.7 Å². The first-order valence-electron chi connectivity index (χ1n) is 7.06. The normalized spacial score (nSPS) is 13.1. The summed E-state index contributed by atoms with van der Waals surface area (Å²) in [5.41, 5.74) is -3.64. The van der Waals surface area contributed by atoms with Crippen molar-refractivity contribution >= 4 is 0 Å². The third-order valence-corrected chi connectivity index (χ3v) is 4.05. The van der Waals surface area contributed by atoms with Gasteiger partial charge in [0.15, 0.2) is 0 Å². The van der Waals surface area contributed by atoms with E-state index in [1.807, 2.05) is 0 Å². The predicted octanol–water partition coefficient (Wildman–Crippen LogP) is 5.46. The van der Waals surface area contributed by atoms with Gasteiger partial charge in [0.05, 0.1) is 11.1 Å². The van der Waals surface area contributed by atoms with Crippen molar-refractivity contribution in [3.63, 3.8) is 0 Å². The Hall–Kier alpha value is -2.38. The molecule has 0 amide bonds. The van der Waals surface area contributed by atoms with E-state index >= 15 is 0 Å². The van der Waals surface area contributed by atoms with E-state index in [-0.39, 0.29) is 11.1 Å². The van der Waals surface area contributed by atoms with Crippen LogP contribution >= 0.6 is 0 Å². The fourth-order valence-corrected chi connectivity index (χ4v) is 2.47. The first-order valence-corrected chi connectivity index (χ1v) is 7.06. The highest BCUT2D eigenvalue weighted by Crippen LogP contribution is 2.42. The Morgan fingerprint density at radius 1 is 0.640 bits per heavy atom. The van der Waals surface area contributed by atoms with Gasteiger partial charge in [-0.05, 0) is 35.4 Å². The third kappa shape index (κ3) is 3.67. The van der Waals surface area contributed by atoms with E-state index in [0.717, 1.165) is 12.1 Å². The lowest BCUT2D eigenvalue weighted by molar-refractivity contribution is -0.139. The lowest BCUT2D eigenvalue weighted by Gasteiger charge is -2.28. The Bertz CT molecular complexity index is 725. The van der Waals surface area contributed by atoms with Crippen molar-refractivity contribution in [3.8, 4) is 11.5 Å². The highest BCUT2D eigenvalue weighted by atomic mass is 19.4. The number of alkyl halides is 6. The first-order chi connectivity index (χ1) is 11.2. The summed E-state index contributed by atoms with van der Waals surface area (Å²) in [7, 11) is 0. The molecule has 0 saturated heterocycles. The molecule has 0 radical (unpaired) electrons. The van der Waals surface area contributed by atoms with Gasteiger partial charge in [0.25, 0.3) is 0 Å². The number of hydrogen-bond acceptors (Lipinski definition) is 2. The smallest absolute Gasteiger partial charge is 0.419 e. The zero-order chi connectivity index (χ0) is 19.2. The Balaban J connectivity index is 2.60. The molecular weight excluding hydrogens is 350 g/mol. The van der Waals surface area contributed by atoms with E-state index in [0.29, 0.717) is 12.1 Å². The van der Waals surface area contributed by atoms with Crippen LogP contribution < -0.4 is 0 Å². The average Bonchev–Trinajstić information content (AvgIpc) is 2.45. The quantitative estimate of drug-likeness (QED) is 0.695. The molecule has 0 saturated carbocycles. The standard InChI is InChI=1S/C17H14F6O2/c1-15(2,9-3-5-13(24)11(7-9)16(18,19)20)10-4-6-14(25)12(8-10)17(21,22)23/h3-8,24-25H,1-2H3. The van der Waals surface area contributed by atoms with Gasteiger partial charge >= 0.3 is 12.4 Å². The number of phenols is 2. The van der Waals surface area contributed by atoms with Gasteiger partial charge in [0.1, 0.15) is 11.5 Å². The first kappa shape index (κ1) is 19.0. The van der Waals surface area contributed by atoms with Crippen LogP contribution in [-0.4, -0.2) is 10.2 Å². The molecule has 0 unspecified atom stereocenters. The Labute approximate surface area is 139 Å². The van der Waals surface area contributed by atoms with Crippen LogP contribution in [0.1, 0.15) is 36.1 Å². The fourth-order valence-electron chi connectivity index (χ4n) is 2.47. The largest absolute Gasteiger partial charge is 0.507 e. The maximum Gasteiger partial charge on any atom is 0.419 e. The van der Waals surface area contributed by atoms with Gasteiger partial charge < -0.3 is 10.2 Å². The predicted molar refractivity (Wildman–Crippen MR) is 78.3 cm³/mol. The van der Waals surface area contributed by atoms with E-state index in [9.17, 15) is 36.6 Å². The van der Waals surface area contributed by atoms with Crippen molar-refractivity contribution in [1.82, 2.24) is 0 Å². The number of halogens is 6. The van der Waals surface area contributed by atoms with Crippen molar-refractivity contribution in [1.29, 1.82) is 0 Å². The fraction of sp³-hybridized carbons (Fsp3) is 0.294. The highest BCUT2D eigenvalue weighted by molar-refractivity contribution is 5.48. The summed E-state index contributed by atoms with van der Waals surface area (Å²) in [5, 5.41) is 18.8. The van der Waals surface area contributed by atoms with Gasteiger partial charge in [-0.1, -0.05) is 26.0 Å². The minimum Gasteiger partial charge on any atom is -0.507 e. The zero-order valence-electron chi connectivity index (χ0n) is 13.1. The maximum absolute atomic E-state index is 13.0. The van der Waals surface area contributed by atoms with Crippen molar-refractivity contribution in [2.45, 2.75) is 31.6 Å². The van der Waals surface area contributed by atoms with Crippen LogP contribution in [-0.2, 0) is 17.8 Å². The monoisotopic (exact) mass is 364 g/mol. The second-order valence-electron chi connectivity index (χ2n) is 6.08. The number of aromatic hydroxyl groups is 2. The molecule has 8 heteroatoms. The van der Waals surface area contributed by atoms with Crippen molar-refractivity contribution in [2.75, 3.05) is 0 Å². The molecule has 2 nitrogen and oxygen atoms in total. The summed E-state index contributed by atoms with van der Waals surface area (Å²) >= 11 is 0. The lowest BCUT2D eigenvalue weighted by Crippen LogP contribution is -2.21. The van der Waals surface area contributed by atoms with Crippen LogP contribution in [0, 0.1) is 0 Å². The molecule has 0 aliphatic heterocycles. The molecule has 0 aliphatic carbocycles. The van der Waals surface area contributed by atoms with Crippen LogP contribution in [0.3, 0.4) is 0 Å². The summed E-state index contributed by atoms with van der Waals surface area (Å²) in [5.74, 6) is -1.93. The summed E-state index contributed by atoms with van der Waals surface area (Å²) in [4.78, 5) is 0. The Kier molecular flexibility index (Phi) is 4.44. The second-order valence-corrected chi connectivity index (χ2v) is 6.08. The molecule has 0 fully saturated rings. The van der Waals surface area contributed by atoms with E-state index in [1.54, 1.807) is 0 Å². The lowest BCUT2D eigenvalue weighted by atomic mass is 9.77. The molecule has 0 atom stereocenters. The molecule has 0 bridgehead atoms. The second kappa shape index (κ2) is 5.86. The summed E-state index contributed by atoms with van der Waals surface area (Å²) in [6.45, 7) is 2.90. The van der Waals surface area contributed by atoms with E-state index in [2.05, 4.69) is 0 Å². The van der Waals surface area contributed by atoms with Crippen LogP contribution in [0.5, 0.6) is 11.5 Å². The number of rotatable bonds is 2. The molecule has 0 aromatic heterocycles. The Morgan fingerprint density at radius 2 is 0.960 bits per heavy atom. The van der Waals surface area contributed by atoms with E-state index < -0.39 is 40.4 Å². The van der Waals surface area contributed by atoms with Gasteiger partial charge in [0.2, 0.25) is 0 Å². The zero-order valence-corrected chi connectivity index (χ0v) is 13.1. The molecule has 2 N–H and O–H groups in total. The highest BCUT2D eigenvalue weighted by Gasteiger charge is 2.38. The molecular formula is C17H14F6O2. The average molecular weight is 364 g/mol. The van der Waals surface area contributed by atoms with Gasteiger partial charge in [-0.3, -0.25) is 0 Å². The van der Waals surface area contributed by atoms with Crippen LogP contribution in [0.4, 0.5) is 26.3 Å². The summed E-state index contributed by atoms with van der Waals surface area (Å²) < 4.78 is 77.7. The number of phenolic OH excluding ortho intramolecular Hbond substituents is 2. The summed E-state index contributed by atoms with van der Waals surface area (Å²) in [6, 6.07) is 5.54. The molecule has 2 aromatic carbocycles. The van der Waals surface area contributed by atoms with E-state index in [1.165, 1.54) is 26.0 Å². The molecule has 25 heavy (non-hydrogen) atoms. The number of hydrogen-bond donors (Lipinski definition) is 2. The molecule has 2 aromatic rings. The molecule has 136 valence electrons. The van der Waals surface area contributed by atoms with Crippen molar-refractivity contribution in [2.24, 2.45) is 0 Å². The van der Waals surface area contributed by atoms with E-state index in [4.69, 9.17) is 0 Å². The van der Waals surface area contributed by atoms with Gasteiger partial charge in [-0.15, -0.1) is 0 Å². The van der Waals surface area contributed by atoms with Crippen LogP contribution in [0.25, 0.3) is 0 Å². The summed E-state index contributed by atoms with van der Waals surface area (Å²) in [6.07, 6.45) is -9.61. The molecule has 0 aliphatic rings. The van der Waals surface area contributed by atoms with Crippen LogP contribution in [0.2, 0.25) is 0 Å². The Morgan fingerprint density at radius 3 is 1.24 bits per heavy atom. The van der Waals surface area contributed by atoms with Crippen LogP contribution in [0.15, 0.2) is 36.4 Å². The molecule has 0 heterocycles. The molecule has 2 rings (SSSR count). The minimum absolute atomic E-state index is 0.0661. The van der Waals surface area contributed by atoms with Gasteiger partial charge in [-0.25, -0.2) is 0 Å². The van der Waals surface area contributed by atoms with Crippen molar-refractivity contribution < 1.29 is 36.6 Å². The maximum atomic E-state index is 13.0. The number of benzene rings is 2.